The number of nitro benzene ring substituents is 1. The highest BCUT2D eigenvalue weighted by Crippen LogP contribution is 2.40. The van der Waals surface area contributed by atoms with Crippen LogP contribution in [0.25, 0.3) is 0 Å². The Balaban J connectivity index is 1.81. The molecular weight excluding hydrogens is 312 g/mol. The third-order valence-corrected chi connectivity index (χ3v) is 4.21. The first kappa shape index (κ1) is 12.9. The van der Waals surface area contributed by atoms with Gasteiger partial charge in [0, 0.05) is 17.1 Å². The zero-order valence-electron chi connectivity index (χ0n) is 10.3. The Kier molecular flexibility index (Phi) is 3.45. The van der Waals surface area contributed by atoms with Gasteiger partial charge in [-0.3, -0.25) is 10.1 Å². The van der Waals surface area contributed by atoms with Crippen LogP contribution in [0.4, 0.5) is 11.4 Å². The van der Waals surface area contributed by atoms with E-state index in [9.17, 15) is 10.1 Å². The summed E-state index contributed by atoms with van der Waals surface area (Å²) in [5, 5.41) is 14.4. The fraction of sp³-hybridized carbons (Fsp3) is 0.538. The lowest BCUT2D eigenvalue weighted by atomic mass is 10.1. The Bertz CT molecular complexity index is 505. The van der Waals surface area contributed by atoms with E-state index < -0.39 is 0 Å². The molecule has 1 heterocycles. The van der Waals surface area contributed by atoms with Gasteiger partial charge in [-0.15, -0.1) is 0 Å². The summed E-state index contributed by atoms with van der Waals surface area (Å²) < 4.78 is 6.58. The van der Waals surface area contributed by atoms with Crippen molar-refractivity contribution in [3.05, 3.63) is 32.8 Å². The molecule has 5 nitrogen and oxygen atoms in total. The number of anilines is 1. The van der Waals surface area contributed by atoms with Crippen molar-refractivity contribution in [1.82, 2.24) is 0 Å². The van der Waals surface area contributed by atoms with Gasteiger partial charge in [0.1, 0.15) is 5.69 Å². The van der Waals surface area contributed by atoms with Crippen molar-refractivity contribution in [2.75, 3.05) is 11.9 Å². The molecule has 102 valence electrons. The van der Waals surface area contributed by atoms with E-state index in [1.807, 2.05) is 0 Å². The van der Waals surface area contributed by atoms with Crippen molar-refractivity contribution in [3.63, 3.8) is 0 Å². The van der Waals surface area contributed by atoms with Crippen molar-refractivity contribution < 1.29 is 9.66 Å². The standard InChI is InChI=1S/C13H15BrN2O3/c14-9-3-4-12(16(17)18)11(7-9)15-10-5-6-19-13(10)8-1-2-8/h3-4,7-8,10,13,15H,1-2,5-6H2. The van der Waals surface area contributed by atoms with Crippen LogP contribution in [0.3, 0.4) is 0 Å². The van der Waals surface area contributed by atoms with E-state index in [0.717, 1.165) is 17.5 Å². The van der Waals surface area contributed by atoms with Gasteiger partial charge in [0.2, 0.25) is 0 Å². The lowest BCUT2D eigenvalue weighted by molar-refractivity contribution is -0.384. The minimum Gasteiger partial charge on any atom is -0.376 e. The lowest BCUT2D eigenvalue weighted by Gasteiger charge is -2.20. The summed E-state index contributed by atoms with van der Waals surface area (Å²) in [4.78, 5) is 10.7. The number of nitro groups is 1. The molecule has 1 saturated carbocycles. The highest BCUT2D eigenvalue weighted by Gasteiger charge is 2.41. The second kappa shape index (κ2) is 5.09. The van der Waals surface area contributed by atoms with Crippen LogP contribution in [-0.4, -0.2) is 23.7 Å². The molecule has 6 heteroatoms. The van der Waals surface area contributed by atoms with Gasteiger partial charge in [0.15, 0.2) is 0 Å². The van der Waals surface area contributed by atoms with Gasteiger partial charge in [-0.1, -0.05) is 15.9 Å². The maximum absolute atomic E-state index is 11.1. The van der Waals surface area contributed by atoms with Crippen LogP contribution in [0, 0.1) is 16.0 Å². The molecular formula is C13H15BrN2O3. The van der Waals surface area contributed by atoms with E-state index in [0.29, 0.717) is 11.6 Å². The predicted octanol–water partition coefficient (Wildman–Crippen LogP) is 3.34. The van der Waals surface area contributed by atoms with Gasteiger partial charge in [0.25, 0.3) is 5.69 Å². The van der Waals surface area contributed by atoms with Crippen LogP contribution in [0.15, 0.2) is 22.7 Å². The summed E-state index contributed by atoms with van der Waals surface area (Å²) in [6, 6.07) is 5.15. The zero-order chi connectivity index (χ0) is 13.4. The first-order chi connectivity index (χ1) is 9.15. The SMILES string of the molecule is O=[N+]([O-])c1ccc(Br)cc1NC1CCOC1C1CC1. The summed E-state index contributed by atoms with van der Waals surface area (Å²) in [7, 11) is 0. The minimum atomic E-state index is -0.350. The molecule has 0 spiro atoms. The van der Waals surface area contributed by atoms with Gasteiger partial charge < -0.3 is 10.1 Å². The number of ether oxygens (including phenoxy) is 1. The lowest BCUT2D eigenvalue weighted by Crippen LogP contribution is -2.31. The van der Waals surface area contributed by atoms with E-state index in [-0.39, 0.29) is 22.8 Å². The second-order valence-electron chi connectivity index (χ2n) is 5.13. The topological polar surface area (TPSA) is 64.4 Å². The Morgan fingerprint density at radius 3 is 2.84 bits per heavy atom. The summed E-state index contributed by atoms with van der Waals surface area (Å²) in [6.45, 7) is 0.737. The molecule has 0 radical (unpaired) electrons. The van der Waals surface area contributed by atoms with E-state index in [2.05, 4.69) is 21.2 Å². The first-order valence-corrected chi connectivity index (χ1v) is 7.26. The van der Waals surface area contributed by atoms with Gasteiger partial charge in [-0.05, 0) is 37.3 Å². The Morgan fingerprint density at radius 2 is 2.16 bits per heavy atom. The number of rotatable bonds is 4. The maximum atomic E-state index is 11.1. The molecule has 1 aromatic carbocycles. The van der Waals surface area contributed by atoms with E-state index >= 15 is 0 Å². The number of hydrogen-bond acceptors (Lipinski definition) is 4. The van der Waals surface area contributed by atoms with E-state index in [4.69, 9.17) is 4.74 Å². The average Bonchev–Trinajstić information content (AvgIpc) is 3.10. The zero-order valence-corrected chi connectivity index (χ0v) is 11.9. The van der Waals surface area contributed by atoms with Crippen molar-refractivity contribution in [2.24, 2.45) is 5.92 Å². The molecule has 2 fully saturated rings. The highest BCUT2D eigenvalue weighted by molar-refractivity contribution is 9.10. The Hall–Kier alpha value is -1.14. The smallest absolute Gasteiger partial charge is 0.292 e. The van der Waals surface area contributed by atoms with Crippen LogP contribution < -0.4 is 5.32 Å². The third kappa shape index (κ3) is 2.74. The molecule has 1 saturated heterocycles. The van der Waals surface area contributed by atoms with Crippen molar-refractivity contribution in [2.45, 2.75) is 31.4 Å². The molecule has 2 unspecified atom stereocenters. The molecule has 0 aromatic heterocycles. The number of nitrogens with one attached hydrogen (secondary N) is 1. The summed E-state index contributed by atoms with van der Waals surface area (Å²) >= 11 is 3.36. The molecule has 1 aliphatic carbocycles. The molecule has 3 rings (SSSR count). The molecule has 0 amide bonds. The predicted molar refractivity (Wildman–Crippen MR) is 75.3 cm³/mol. The van der Waals surface area contributed by atoms with Crippen molar-refractivity contribution in [3.8, 4) is 0 Å². The van der Waals surface area contributed by atoms with Crippen molar-refractivity contribution in [1.29, 1.82) is 0 Å². The summed E-state index contributed by atoms with van der Waals surface area (Å²) in [6.07, 6.45) is 3.54. The molecule has 1 N–H and O–H groups in total. The minimum absolute atomic E-state index is 0.115. The summed E-state index contributed by atoms with van der Waals surface area (Å²) in [5.41, 5.74) is 0.685. The van der Waals surface area contributed by atoms with Crippen molar-refractivity contribution >= 4 is 27.3 Å². The average molecular weight is 327 g/mol. The largest absolute Gasteiger partial charge is 0.376 e. The molecule has 1 aromatic rings. The van der Waals surface area contributed by atoms with Gasteiger partial charge in [0.05, 0.1) is 17.1 Å². The fourth-order valence-corrected chi connectivity index (χ4v) is 3.00. The fourth-order valence-electron chi connectivity index (χ4n) is 2.64. The third-order valence-electron chi connectivity index (χ3n) is 3.72. The molecule has 1 aliphatic heterocycles. The highest BCUT2D eigenvalue weighted by atomic mass is 79.9. The first-order valence-electron chi connectivity index (χ1n) is 6.47. The second-order valence-corrected chi connectivity index (χ2v) is 6.05. The monoisotopic (exact) mass is 326 g/mol. The van der Waals surface area contributed by atoms with Crippen LogP contribution in [0.2, 0.25) is 0 Å². The molecule has 19 heavy (non-hydrogen) atoms. The molecule has 2 aliphatic rings. The van der Waals surface area contributed by atoms with Gasteiger partial charge >= 0.3 is 0 Å². The maximum Gasteiger partial charge on any atom is 0.292 e. The quantitative estimate of drug-likeness (QED) is 0.680. The number of hydrogen-bond donors (Lipinski definition) is 1. The van der Waals surface area contributed by atoms with Crippen LogP contribution in [0.1, 0.15) is 19.3 Å². The Labute approximate surface area is 119 Å². The Morgan fingerprint density at radius 1 is 1.37 bits per heavy atom. The number of nitrogens with zero attached hydrogens (tertiary/aromatic N) is 1. The van der Waals surface area contributed by atoms with E-state index in [1.165, 1.54) is 18.9 Å². The van der Waals surface area contributed by atoms with E-state index in [1.54, 1.807) is 12.1 Å². The normalized spacial score (nSPS) is 26.4. The number of halogens is 1. The molecule has 0 bridgehead atoms. The van der Waals surface area contributed by atoms with Crippen LogP contribution in [0.5, 0.6) is 0 Å². The molecule has 2 atom stereocenters. The number of benzene rings is 1. The summed E-state index contributed by atoms with van der Waals surface area (Å²) in [5.74, 6) is 0.631. The van der Waals surface area contributed by atoms with Gasteiger partial charge in [-0.2, -0.15) is 0 Å². The van der Waals surface area contributed by atoms with Crippen LogP contribution in [-0.2, 0) is 4.74 Å². The van der Waals surface area contributed by atoms with Crippen LogP contribution >= 0.6 is 15.9 Å². The van der Waals surface area contributed by atoms with Gasteiger partial charge in [-0.25, -0.2) is 0 Å².